The van der Waals surface area contributed by atoms with E-state index in [1.165, 1.54) is 17.2 Å². The molecule has 6 heterocycles. The summed E-state index contributed by atoms with van der Waals surface area (Å²) >= 11 is 0. The number of nitrogens with zero attached hydrogens (tertiary/aromatic N) is 7. The molecule has 6 N–H and O–H groups in total. The van der Waals surface area contributed by atoms with Crippen molar-refractivity contribution in [1.29, 1.82) is 5.26 Å². The number of aliphatic hydroxyl groups is 2. The number of nitrogens with two attached hydrogens (primary N) is 2. The number of aliphatic hydroxyl groups excluding tert-OH is 1. The Hall–Kier alpha value is -8.90. The average molecular weight is 1300 g/mol. The zero-order chi connectivity index (χ0) is 67.7. The van der Waals surface area contributed by atoms with Crippen LogP contribution in [0.3, 0.4) is 0 Å². The molecule has 0 spiro atoms. The number of rotatable bonds is 23. The van der Waals surface area contributed by atoms with Gasteiger partial charge in [0, 0.05) is 17.1 Å². The van der Waals surface area contributed by atoms with Crippen LogP contribution >= 0.6 is 0 Å². The van der Waals surface area contributed by atoms with Crippen LogP contribution in [0.4, 0.5) is 25.1 Å². The number of aromatic nitrogens is 6. The van der Waals surface area contributed by atoms with Gasteiger partial charge in [-0.05, 0) is 70.9 Å². The monoisotopic (exact) mass is 1300 g/mol. The number of nitriles is 1. The predicted octanol–water partition coefficient (Wildman–Crippen LogP) is 12.6. The molecule has 10 aromatic rings. The molecule has 2 aliphatic heterocycles. The molecule has 8 atom stereocenters. The molecule has 0 aliphatic carbocycles. The molecule has 501 valence electrons. The zero-order valence-corrected chi connectivity index (χ0v) is 52.7. The first kappa shape index (κ1) is 73.5. The fraction of sp³-hybridized carbons (Fsp3) is 0.319. The normalized spacial score (nSPS) is 20.0. The average Bonchev–Trinajstić information content (AvgIpc) is 1.58. The Morgan fingerprint density at radius 1 is 0.547 bits per heavy atom. The summed E-state index contributed by atoms with van der Waals surface area (Å²) in [4.78, 5) is 8.17. The minimum Gasteiger partial charge on any atom is -0.397 e. The molecule has 0 amide bonds. The Morgan fingerprint density at radius 2 is 0.863 bits per heavy atom. The summed E-state index contributed by atoms with van der Waals surface area (Å²) in [6.45, 7) is 8.20. The van der Waals surface area contributed by atoms with E-state index in [1.807, 2.05) is 182 Å². The van der Waals surface area contributed by atoms with Crippen LogP contribution in [0.15, 0.2) is 219 Å². The highest BCUT2D eigenvalue weighted by atomic mass is 20.0. The third kappa shape index (κ3) is 20.1. The number of fused-ring (bicyclic) bond motifs is 2. The Kier molecular flexibility index (Phi) is 30.7. The Bertz CT molecular complexity index is 3790. The molecule has 1 radical (unpaired) electrons. The molecule has 23 heteroatoms. The van der Waals surface area contributed by atoms with Crippen LogP contribution in [0, 0.1) is 11.3 Å². The number of benzene rings is 6. The van der Waals surface area contributed by atoms with Crippen molar-refractivity contribution >= 4 is 30.2 Å². The standard InChI is InChI=1S/C33H31N5O4.C32H32N4O5.C2H5BF.C2H6O.C2H6.CH4.F2/c34-22-33(29-17-16-27-32(35)36-23-37-38(27)29)31(41-20-26-14-8-3-9-15-26)30(40-19-25-12-6-2-7-13-25)28(42-33)21-39-18-24-10-4-1-5-11-24;33-31-26-16-17-28(36(26)35-22-34-31)32(37)30(40-20-25-14-8-3-9-15-25)29(39-19-24-12-6-2-7-13-24)27(41-32)21-38-18-23-10-4-1-5-11-23;1-2-3-4;1-2-3;1-2;;1-2/h1-17,23,28,30-31H,18-21H2,(H2,35,36,37);1-17,22,27,29-30,37H,18-21H2,(H2,33,34,35);2H2,1H3;3H,2H2,1H3;1-2H3;1H4;/t28-,30-,31-,33?;27-,29-,30-,32?;;;;;/m11...../s1/i;;;;1D;;. The Morgan fingerprint density at radius 3 is 1.23 bits per heavy atom. The van der Waals surface area contributed by atoms with Crippen LogP contribution in [0.5, 0.6) is 0 Å². The van der Waals surface area contributed by atoms with E-state index in [0.29, 0.717) is 75.4 Å². The molecule has 6 aromatic carbocycles. The van der Waals surface area contributed by atoms with Crippen molar-refractivity contribution in [3.05, 3.63) is 264 Å². The van der Waals surface area contributed by atoms with Gasteiger partial charge in [-0.2, -0.15) is 15.5 Å². The van der Waals surface area contributed by atoms with Crippen LogP contribution in [-0.2, 0) is 88.9 Å². The lowest BCUT2D eigenvalue weighted by atomic mass is 9.92. The van der Waals surface area contributed by atoms with E-state index in [0.717, 1.165) is 33.4 Å². The van der Waals surface area contributed by atoms with Gasteiger partial charge in [0.2, 0.25) is 11.4 Å². The Labute approximate surface area is 555 Å². The first-order valence-corrected chi connectivity index (χ1v) is 30.5. The molecule has 2 saturated heterocycles. The van der Waals surface area contributed by atoms with Crippen molar-refractivity contribution < 1.29 is 62.9 Å². The van der Waals surface area contributed by atoms with Crippen molar-refractivity contribution in [2.24, 2.45) is 0 Å². The summed E-state index contributed by atoms with van der Waals surface area (Å²) in [6.07, 6.45) is -1.13. The van der Waals surface area contributed by atoms with Gasteiger partial charge in [-0.3, -0.25) is 0 Å². The SMILES string of the molecule is C.CCO.CC[B]F.FF.N#CC1(c2ccc3c(N)ncnn23)O[C@H](COCc2ccccc2)[C@@H](OCc2ccccc2)[C@H]1OCc1ccccc1.Nc1ncnn2c(C3(O)O[C@H](COCc4ccccc4)[C@@H](OCc4ccccc4)[C@H]3OCc3ccccc3)ccc12.[2H]CC. The van der Waals surface area contributed by atoms with E-state index in [1.54, 1.807) is 49.6 Å². The number of halogens is 3. The fourth-order valence-corrected chi connectivity index (χ4v) is 10.5. The maximum atomic E-state index is 12.3. The van der Waals surface area contributed by atoms with E-state index in [4.69, 9.17) is 65.0 Å². The predicted molar refractivity (Wildman–Crippen MR) is 358 cm³/mol. The highest BCUT2D eigenvalue weighted by Crippen LogP contribution is 2.45. The number of hydrogen-bond acceptors (Lipinski definition) is 17. The van der Waals surface area contributed by atoms with Crippen LogP contribution < -0.4 is 11.5 Å². The van der Waals surface area contributed by atoms with Gasteiger partial charge in [0.25, 0.3) is 0 Å². The van der Waals surface area contributed by atoms with Crippen molar-refractivity contribution in [1.82, 2.24) is 29.2 Å². The number of nitrogen functional groups attached to an aromatic ring is 2. The number of ether oxygens (including phenoxy) is 8. The molecule has 4 aromatic heterocycles. The van der Waals surface area contributed by atoms with E-state index in [-0.39, 0.29) is 46.3 Å². The second-order valence-electron chi connectivity index (χ2n) is 21.0. The first-order chi connectivity index (χ1) is 46.5. The third-order valence-corrected chi connectivity index (χ3v) is 14.7. The summed E-state index contributed by atoms with van der Waals surface area (Å²) < 4.78 is 87.3. The number of anilines is 2. The first-order valence-electron chi connectivity index (χ1n) is 31.2. The van der Waals surface area contributed by atoms with Gasteiger partial charge >= 0.3 is 7.56 Å². The maximum Gasteiger partial charge on any atom is 0.354 e. The van der Waals surface area contributed by atoms with Gasteiger partial charge in [0.1, 0.15) is 72.1 Å². The molecule has 95 heavy (non-hydrogen) atoms. The maximum absolute atomic E-state index is 12.3. The lowest BCUT2D eigenvalue weighted by Gasteiger charge is -2.30. The molecule has 0 saturated carbocycles. The van der Waals surface area contributed by atoms with Crippen LogP contribution in [0.2, 0.25) is 6.32 Å². The molecule has 0 bridgehead atoms. The summed E-state index contributed by atoms with van der Waals surface area (Å²) in [5.74, 6) is -1.35. The van der Waals surface area contributed by atoms with E-state index in [9.17, 15) is 14.7 Å². The minimum atomic E-state index is -1.93. The van der Waals surface area contributed by atoms with Gasteiger partial charge in [0.15, 0.2) is 11.6 Å². The lowest BCUT2D eigenvalue weighted by Crippen LogP contribution is -2.45. The Balaban J connectivity index is 0.000000259. The molecule has 19 nitrogen and oxygen atoms in total. The smallest absolute Gasteiger partial charge is 0.354 e. The molecular formula is C72H84BF3N9O10. The highest BCUT2D eigenvalue weighted by Gasteiger charge is 2.61. The lowest BCUT2D eigenvalue weighted by molar-refractivity contribution is -0.256. The summed E-state index contributed by atoms with van der Waals surface area (Å²) in [5.41, 5.74) is 18.6. The van der Waals surface area contributed by atoms with Crippen molar-refractivity contribution in [2.75, 3.05) is 31.3 Å². The topological polar surface area (TPSA) is 251 Å². The van der Waals surface area contributed by atoms with Crippen LogP contribution in [0.25, 0.3) is 11.0 Å². The summed E-state index contributed by atoms with van der Waals surface area (Å²) in [5, 5.41) is 39.5. The fourth-order valence-electron chi connectivity index (χ4n) is 10.5. The molecule has 2 unspecified atom stereocenters. The second-order valence-corrected chi connectivity index (χ2v) is 21.0. The number of hydrogen-bond donors (Lipinski definition) is 4. The van der Waals surface area contributed by atoms with Crippen LogP contribution in [0.1, 0.15) is 81.2 Å². The summed E-state index contributed by atoms with van der Waals surface area (Å²) in [6, 6.07) is 68.6. The van der Waals surface area contributed by atoms with Gasteiger partial charge < -0.3 is 63.9 Å². The van der Waals surface area contributed by atoms with Gasteiger partial charge in [-0.25, -0.2) is 19.0 Å². The largest absolute Gasteiger partial charge is 0.397 e. The van der Waals surface area contributed by atoms with Gasteiger partial charge in [-0.15, -0.1) is 0 Å². The third-order valence-electron chi connectivity index (χ3n) is 14.7. The summed E-state index contributed by atoms with van der Waals surface area (Å²) in [7, 11) is 0.625. The molecule has 12 rings (SSSR count). The van der Waals surface area contributed by atoms with Gasteiger partial charge in [-0.1, -0.05) is 210 Å². The van der Waals surface area contributed by atoms with Crippen molar-refractivity contribution in [3.63, 3.8) is 0 Å². The van der Waals surface area contributed by atoms with E-state index in [2.05, 4.69) is 26.2 Å². The minimum absolute atomic E-state index is 0. The molecule has 2 aliphatic rings. The van der Waals surface area contributed by atoms with Gasteiger partial charge in [0.05, 0.1) is 58.5 Å². The molecular weight excluding hydrogens is 1220 g/mol. The highest BCUT2D eigenvalue weighted by molar-refractivity contribution is 6.25. The van der Waals surface area contributed by atoms with Crippen LogP contribution in [-0.4, -0.2) is 103 Å². The van der Waals surface area contributed by atoms with Crippen molar-refractivity contribution in [2.45, 2.75) is 129 Å². The quantitative estimate of drug-likeness (QED) is 0.0434. The molecule has 2 fully saturated rings. The van der Waals surface area contributed by atoms with E-state index < -0.39 is 48.0 Å². The second kappa shape index (κ2) is 39.7. The van der Waals surface area contributed by atoms with E-state index >= 15 is 0 Å². The van der Waals surface area contributed by atoms with Crippen molar-refractivity contribution in [3.8, 4) is 6.07 Å². The zero-order valence-electron chi connectivity index (χ0n) is 53.7.